The van der Waals surface area contributed by atoms with Gasteiger partial charge >= 0.3 is 0 Å². The predicted octanol–water partition coefficient (Wildman–Crippen LogP) is 1.77. The lowest BCUT2D eigenvalue weighted by molar-refractivity contribution is 0.596. The van der Waals surface area contributed by atoms with Gasteiger partial charge < -0.3 is 4.98 Å². The SMILES string of the molecule is CN(c1cc[nH]c1)S(=O)(=O)c1ccc(C#N)s1. The molecule has 0 fully saturated rings. The molecule has 0 unspecified atom stereocenters. The molecule has 0 aromatic carbocycles. The van der Waals surface area contributed by atoms with Crippen LogP contribution in [0.15, 0.2) is 34.8 Å². The Balaban J connectivity index is 2.40. The number of thiophene rings is 1. The Morgan fingerprint density at radius 3 is 2.71 bits per heavy atom. The number of nitriles is 1. The molecule has 1 N–H and O–H groups in total. The fourth-order valence-corrected chi connectivity index (χ4v) is 3.77. The molecular formula is C10H9N3O2S2. The van der Waals surface area contributed by atoms with Gasteiger partial charge in [0.05, 0.1) is 5.69 Å². The smallest absolute Gasteiger partial charge is 0.273 e. The van der Waals surface area contributed by atoms with E-state index in [2.05, 4.69) is 4.98 Å². The van der Waals surface area contributed by atoms with Crippen LogP contribution in [0.2, 0.25) is 0 Å². The van der Waals surface area contributed by atoms with Crippen molar-refractivity contribution in [3.63, 3.8) is 0 Å². The fraction of sp³-hybridized carbons (Fsp3) is 0.100. The van der Waals surface area contributed by atoms with Crippen molar-refractivity contribution >= 4 is 27.0 Å². The van der Waals surface area contributed by atoms with E-state index < -0.39 is 10.0 Å². The van der Waals surface area contributed by atoms with Crippen LogP contribution in [0.25, 0.3) is 0 Å². The van der Waals surface area contributed by atoms with Gasteiger partial charge in [-0.2, -0.15) is 5.26 Å². The first kappa shape index (κ1) is 11.7. The number of aromatic nitrogens is 1. The maximum atomic E-state index is 12.2. The maximum absolute atomic E-state index is 12.2. The molecule has 2 heterocycles. The highest BCUT2D eigenvalue weighted by atomic mass is 32.2. The molecule has 7 heteroatoms. The molecular weight excluding hydrogens is 258 g/mol. The molecule has 0 aliphatic heterocycles. The number of rotatable bonds is 3. The molecule has 88 valence electrons. The molecule has 2 aromatic heterocycles. The first-order valence-corrected chi connectivity index (χ1v) is 6.93. The van der Waals surface area contributed by atoms with Crippen molar-refractivity contribution in [3.05, 3.63) is 35.5 Å². The summed E-state index contributed by atoms with van der Waals surface area (Å²) in [4.78, 5) is 3.18. The lowest BCUT2D eigenvalue weighted by atomic mass is 10.5. The second-order valence-corrected chi connectivity index (χ2v) is 6.55. The van der Waals surface area contributed by atoms with E-state index in [1.807, 2.05) is 6.07 Å². The van der Waals surface area contributed by atoms with Crippen molar-refractivity contribution in [3.8, 4) is 6.07 Å². The van der Waals surface area contributed by atoms with Gasteiger partial charge in [-0.1, -0.05) is 0 Å². The average Bonchev–Trinajstić information content (AvgIpc) is 2.98. The number of H-pyrrole nitrogens is 1. The van der Waals surface area contributed by atoms with Crippen LogP contribution in [0.4, 0.5) is 5.69 Å². The van der Waals surface area contributed by atoms with E-state index in [1.54, 1.807) is 18.5 Å². The highest BCUT2D eigenvalue weighted by Gasteiger charge is 2.23. The van der Waals surface area contributed by atoms with Crippen LogP contribution in [-0.4, -0.2) is 20.4 Å². The molecule has 0 radical (unpaired) electrons. The highest BCUT2D eigenvalue weighted by Crippen LogP contribution is 2.26. The molecule has 2 rings (SSSR count). The Morgan fingerprint density at radius 2 is 2.18 bits per heavy atom. The van der Waals surface area contributed by atoms with Crippen LogP contribution < -0.4 is 4.31 Å². The van der Waals surface area contributed by atoms with Crippen LogP contribution in [0, 0.1) is 11.3 Å². The Labute approximate surface area is 103 Å². The van der Waals surface area contributed by atoms with Crippen LogP contribution in [-0.2, 0) is 10.0 Å². The van der Waals surface area contributed by atoms with Crippen LogP contribution in [0.3, 0.4) is 0 Å². The summed E-state index contributed by atoms with van der Waals surface area (Å²) in [6.45, 7) is 0. The van der Waals surface area contributed by atoms with E-state index >= 15 is 0 Å². The third-order valence-corrected chi connectivity index (χ3v) is 5.49. The largest absolute Gasteiger partial charge is 0.366 e. The molecule has 0 aliphatic rings. The number of nitrogens with one attached hydrogen (secondary N) is 1. The minimum Gasteiger partial charge on any atom is -0.366 e. The third-order valence-electron chi connectivity index (χ3n) is 2.25. The maximum Gasteiger partial charge on any atom is 0.273 e. The Morgan fingerprint density at radius 1 is 1.41 bits per heavy atom. The molecule has 0 saturated carbocycles. The zero-order valence-electron chi connectivity index (χ0n) is 8.91. The number of nitrogens with zero attached hydrogens (tertiary/aromatic N) is 2. The summed E-state index contributed by atoms with van der Waals surface area (Å²) in [5.74, 6) is 0. The number of sulfonamides is 1. The van der Waals surface area contributed by atoms with E-state index in [4.69, 9.17) is 5.26 Å². The molecule has 0 saturated heterocycles. The van der Waals surface area contributed by atoms with E-state index in [0.717, 1.165) is 11.3 Å². The normalized spacial score (nSPS) is 11.1. The molecule has 17 heavy (non-hydrogen) atoms. The zero-order chi connectivity index (χ0) is 12.5. The van der Waals surface area contributed by atoms with Crippen molar-refractivity contribution in [2.75, 3.05) is 11.4 Å². The zero-order valence-corrected chi connectivity index (χ0v) is 10.5. The summed E-state index contributed by atoms with van der Waals surface area (Å²) in [6, 6.07) is 6.53. The summed E-state index contributed by atoms with van der Waals surface area (Å²) in [6.07, 6.45) is 3.24. The van der Waals surface area contributed by atoms with Crippen LogP contribution in [0.5, 0.6) is 0 Å². The lowest BCUT2D eigenvalue weighted by Crippen LogP contribution is -2.25. The molecule has 0 spiro atoms. The summed E-state index contributed by atoms with van der Waals surface area (Å²) in [5, 5.41) is 8.69. The van der Waals surface area contributed by atoms with Gasteiger partial charge in [-0.25, -0.2) is 8.42 Å². The monoisotopic (exact) mass is 267 g/mol. The first-order valence-electron chi connectivity index (χ1n) is 4.67. The summed E-state index contributed by atoms with van der Waals surface area (Å²) >= 11 is 0.964. The van der Waals surface area contributed by atoms with Gasteiger partial charge in [0.25, 0.3) is 10.0 Å². The molecule has 0 amide bonds. The van der Waals surface area contributed by atoms with Crippen LogP contribution >= 0.6 is 11.3 Å². The van der Waals surface area contributed by atoms with Gasteiger partial charge in [-0.3, -0.25) is 4.31 Å². The van der Waals surface area contributed by atoms with Gasteiger partial charge in [-0.05, 0) is 18.2 Å². The minimum atomic E-state index is -3.57. The third kappa shape index (κ3) is 2.05. The lowest BCUT2D eigenvalue weighted by Gasteiger charge is -2.16. The van der Waals surface area contributed by atoms with E-state index in [-0.39, 0.29) is 4.21 Å². The van der Waals surface area contributed by atoms with Gasteiger partial charge in [-0.15, -0.1) is 11.3 Å². The quantitative estimate of drug-likeness (QED) is 0.920. The van der Waals surface area contributed by atoms with Crippen molar-refractivity contribution in [2.45, 2.75) is 4.21 Å². The molecule has 0 bridgehead atoms. The minimum absolute atomic E-state index is 0.165. The second-order valence-electron chi connectivity index (χ2n) is 3.27. The van der Waals surface area contributed by atoms with E-state index in [1.165, 1.54) is 23.5 Å². The molecule has 0 aliphatic carbocycles. The summed E-state index contributed by atoms with van der Waals surface area (Å²) < 4.78 is 25.7. The summed E-state index contributed by atoms with van der Waals surface area (Å²) in [5.41, 5.74) is 0.553. The molecule has 0 atom stereocenters. The highest BCUT2D eigenvalue weighted by molar-refractivity contribution is 7.94. The topological polar surface area (TPSA) is 77.0 Å². The van der Waals surface area contributed by atoms with E-state index in [9.17, 15) is 8.42 Å². The number of anilines is 1. The van der Waals surface area contributed by atoms with Gasteiger partial charge in [0.2, 0.25) is 0 Å². The predicted molar refractivity (Wildman–Crippen MR) is 65.4 cm³/mol. The first-order chi connectivity index (χ1) is 8.05. The average molecular weight is 267 g/mol. The number of aromatic amines is 1. The Kier molecular flexibility index (Phi) is 2.92. The van der Waals surface area contributed by atoms with Crippen molar-refractivity contribution < 1.29 is 8.42 Å². The second kappa shape index (κ2) is 4.24. The molecule has 5 nitrogen and oxygen atoms in total. The Bertz CT molecular complexity index is 650. The standard InChI is InChI=1S/C10H9N3O2S2/c1-13(8-4-5-12-7-8)17(14,15)10-3-2-9(6-11)16-10/h2-5,7,12H,1H3. The fourth-order valence-electron chi connectivity index (χ4n) is 1.30. The van der Waals surface area contributed by atoms with Gasteiger partial charge in [0, 0.05) is 19.4 Å². The number of hydrogen-bond donors (Lipinski definition) is 1. The van der Waals surface area contributed by atoms with E-state index in [0.29, 0.717) is 10.6 Å². The van der Waals surface area contributed by atoms with Crippen molar-refractivity contribution in [1.29, 1.82) is 5.26 Å². The van der Waals surface area contributed by atoms with Crippen molar-refractivity contribution in [2.24, 2.45) is 0 Å². The summed E-state index contributed by atoms with van der Waals surface area (Å²) in [7, 11) is -2.09. The van der Waals surface area contributed by atoms with Gasteiger partial charge in [0.1, 0.15) is 15.2 Å². The Hall–Kier alpha value is -1.78. The van der Waals surface area contributed by atoms with Crippen molar-refractivity contribution in [1.82, 2.24) is 4.98 Å². The number of hydrogen-bond acceptors (Lipinski definition) is 4. The van der Waals surface area contributed by atoms with Crippen LogP contribution in [0.1, 0.15) is 4.88 Å². The van der Waals surface area contributed by atoms with Gasteiger partial charge in [0.15, 0.2) is 0 Å². The molecule has 2 aromatic rings.